The lowest BCUT2D eigenvalue weighted by Crippen LogP contribution is -2.61. The quantitative estimate of drug-likeness (QED) is 0.0750. The van der Waals surface area contributed by atoms with Gasteiger partial charge in [-0.15, -0.1) is 0 Å². The zero-order valence-corrected chi connectivity index (χ0v) is 35.7. The van der Waals surface area contributed by atoms with Gasteiger partial charge in [0.2, 0.25) is 0 Å². The standard InChI is InChI=1S/C47H59N5O6S/c1-45(2)17-15-36(40(25-45)47-30-46(3,31-47)32-47)27-50-19-21-51(22-20-50)37-11-9-34(10-12-37)43(58-38-23-35-16-18-48-44(35)49-26-38)29-59(55,56)39-13-14-42(41(24-39)52(53)54)57-28-33-7-5-4-6-8-33/h9-14,16,18,23-24,26,33,43H,4-8,15,17,19-22,25,27-32H2,1-3H3,(H,48,49). The largest absolute Gasteiger partial charge is 0.487 e. The lowest BCUT2D eigenvalue weighted by molar-refractivity contribution is -0.386. The van der Waals surface area contributed by atoms with Crippen LogP contribution in [0.3, 0.4) is 0 Å². The lowest BCUT2D eigenvalue weighted by atomic mass is 9.33. The summed E-state index contributed by atoms with van der Waals surface area (Å²) in [5.41, 5.74) is 7.17. The molecule has 0 spiro atoms. The minimum Gasteiger partial charge on any atom is -0.487 e. The molecular formula is C47H59N5O6S. The molecule has 1 saturated heterocycles. The van der Waals surface area contributed by atoms with Gasteiger partial charge in [-0.1, -0.05) is 63.3 Å². The molecule has 0 amide bonds. The molecule has 0 radical (unpaired) electrons. The Bertz CT molecular complexity index is 2320. The molecule has 1 atom stereocenters. The van der Waals surface area contributed by atoms with E-state index in [4.69, 9.17) is 9.47 Å². The van der Waals surface area contributed by atoms with Crippen molar-refractivity contribution in [3.8, 4) is 11.5 Å². The van der Waals surface area contributed by atoms with Crippen molar-refractivity contribution in [3.63, 3.8) is 0 Å². The molecule has 1 unspecified atom stereocenters. The van der Waals surface area contributed by atoms with Crippen molar-refractivity contribution in [2.45, 2.75) is 102 Å². The van der Waals surface area contributed by atoms with E-state index < -0.39 is 26.6 Å². The third-order valence-electron chi connectivity index (χ3n) is 14.2. The van der Waals surface area contributed by atoms with Crippen LogP contribution in [0.15, 0.2) is 83.0 Å². The number of nitro benzene ring substituents is 1. The molecule has 59 heavy (non-hydrogen) atoms. The third kappa shape index (κ3) is 8.36. The Morgan fingerprint density at radius 1 is 0.966 bits per heavy atom. The van der Waals surface area contributed by atoms with E-state index in [9.17, 15) is 18.5 Å². The van der Waals surface area contributed by atoms with Crippen LogP contribution in [0.2, 0.25) is 0 Å². The normalized spacial score (nSPS) is 25.3. The first-order valence-electron chi connectivity index (χ1n) is 21.8. The van der Waals surface area contributed by atoms with Gasteiger partial charge in [0.1, 0.15) is 17.5 Å². The second-order valence-electron chi connectivity index (χ2n) is 19.6. The third-order valence-corrected chi connectivity index (χ3v) is 16.0. The number of nitrogens with one attached hydrogen (secondary N) is 1. The minimum absolute atomic E-state index is 0.0914. The van der Waals surface area contributed by atoms with E-state index in [-0.39, 0.29) is 16.3 Å². The van der Waals surface area contributed by atoms with Crippen LogP contribution in [0.1, 0.15) is 103 Å². The van der Waals surface area contributed by atoms with E-state index in [1.54, 1.807) is 18.0 Å². The number of piperazine rings is 1. The topological polar surface area (TPSA) is 131 Å². The second-order valence-corrected chi connectivity index (χ2v) is 21.6. The summed E-state index contributed by atoms with van der Waals surface area (Å²) < 4.78 is 40.6. The molecule has 10 rings (SSSR count). The fourth-order valence-corrected chi connectivity index (χ4v) is 12.6. The number of anilines is 1. The Balaban J connectivity index is 0.898. The Morgan fingerprint density at radius 3 is 2.42 bits per heavy atom. The zero-order chi connectivity index (χ0) is 41.0. The van der Waals surface area contributed by atoms with Crippen molar-refractivity contribution in [1.29, 1.82) is 0 Å². The number of hydrogen-bond acceptors (Lipinski definition) is 9. The minimum atomic E-state index is -4.07. The highest BCUT2D eigenvalue weighted by Gasteiger charge is 2.66. The van der Waals surface area contributed by atoms with E-state index in [1.807, 2.05) is 29.8 Å². The summed E-state index contributed by atoms with van der Waals surface area (Å²) in [5.74, 6) is 0.439. The average Bonchev–Trinajstić information content (AvgIpc) is 3.68. The molecule has 4 saturated carbocycles. The Kier molecular flexibility index (Phi) is 10.5. The van der Waals surface area contributed by atoms with Gasteiger partial charge >= 0.3 is 5.69 Å². The van der Waals surface area contributed by atoms with E-state index in [2.05, 4.69) is 52.7 Å². The van der Waals surface area contributed by atoms with Crippen LogP contribution in [0.25, 0.3) is 11.0 Å². The van der Waals surface area contributed by atoms with Crippen LogP contribution in [-0.4, -0.2) is 73.3 Å². The first-order chi connectivity index (χ1) is 28.3. The molecule has 6 aliphatic rings. The summed E-state index contributed by atoms with van der Waals surface area (Å²) in [6.07, 6.45) is 15.9. The maximum absolute atomic E-state index is 14.1. The first-order valence-corrected chi connectivity index (χ1v) is 23.4. The fourth-order valence-electron chi connectivity index (χ4n) is 11.2. The molecule has 3 heterocycles. The Labute approximate surface area is 348 Å². The van der Waals surface area contributed by atoms with Crippen LogP contribution < -0.4 is 14.4 Å². The van der Waals surface area contributed by atoms with Gasteiger partial charge in [0.05, 0.1) is 28.4 Å². The van der Waals surface area contributed by atoms with E-state index >= 15 is 0 Å². The van der Waals surface area contributed by atoms with E-state index in [1.165, 1.54) is 57.1 Å². The molecule has 2 aromatic heterocycles. The number of fused-ring (bicyclic) bond motifs is 1. The van der Waals surface area contributed by atoms with Gasteiger partial charge in [-0.25, -0.2) is 13.4 Å². The summed E-state index contributed by atoms with van der Waals surface area (Å²) in [6.45, 7) is 12.7. The summed E-state index contributed by atoms with van der Waals surface area (Å²) in [4.78, 5) is 24.1. The van der Waals surface area contributed by atoms with E-state index in [0.29, 0.717) is 45.7 Å². The maximum atomic E-state index is 14.1. The number of benzene rings is 2. The van der Waals surface area contributed by atoms with Crippen molar-refractivity contribution in [3.05, 3.63) is 93.8 Å². The van der Waals surface area contributed by atoms with Crippen molar-refractivity contribution >= 4 is 32.2 Å². The number of sulfone groups is 1. The van der Waals surface area contributed by atoms with Gasteiger partial charge in [-0.3, -0.25) is 15.0 Å². The smallest absolute Gasteiger partial charge is 0.312 e. The van der Waals surface area contributed by atoms with Crippen LogP contribution in [0.4, 0.5) is 11.4 Å². The summed E-state index contributed by atoms with van der Waals surface area (Å²) >= 11 is 0. The molecule has 314 valence electrons. The van der Waals surface area contributed by atoms with Crippen LogP contribution in [0.5, 0.6) is 11.5 Å². The fraction of sp³-hybridized carbons (Fsp3) is 0.553. The number of rotatable bonds is 14. The number of pyridine rings is 1. The van der Waals surface area contributed by atoms with Gasteiger partial charge in [-0.05, 0) is 115 Å². The number of aromatic nitrogens is 2. The van der Waals surface area contributed by atoms with Gasteiger partial charge in [0, 0.05) is 56.1 Å². The van der Waals surface area contributed by atoms with Crippen LogP contribution in [-0.2, 0) is 9.84 Å². The van der Waals surface area contributed by atoms with Crippen molar-refractivity contribution in [2.75, 3.05) is 50.0 Å². The predicted molar refractivity (Wildman–Crippen MR) is 231 cm³/mol. The molecular weight excluding hydrogens is 763 g/mol. The SMILES string of the molecule is CC1(C)CCC(CN2CCN(c3ccc(C(CS(=O)(=O)c4ccc(OCC5CCCCC5)c([N+](=O)[O-])c4)Oc4cnc5[nH]ccc5c4)cc3)CC2)=C(C23CC(C)(C2)C3)C1. The lowest BCUT2D eigenvalue weighted by Gasteiger charge is -2.72. The Hall–Kier alpha value is -4.42. The monoisotopic (exact) mass is 821 g/mol. The molecule has 5 fully saturated rings. The second kappa shape index (κ2) is 15.6. The number of nitrogens with zero attached hydrogens (tertiary/aromatic N) is 4. The predicted octanol–water partition coefficient (Wildman–Crippen LogP) is 9.84. The molecule has 2 bridgehead atoms. The molecule has 1 aliphatic heterocycles. The first kappa shape index (κ1) is 40.0. The highest BCUT2D eigenvalue weighted by Crippen LogP contribution is 2.77. The molecule has 11 nitrogen and oxygen atoms in total. The number of hydrogen-bond donors (Lipinski definition) is 1. The highest BCUT2D eigenvalue weighted by atomic mass is 32.2. The van der Waals surface area contributed by atoms with Gasteiger partial charge < -0.3 is 19.4 Å². The molecule has 1 N–H and O–H groups in total. The molecule has 5 aliphatic carbocycles. The maximum Gasteiger partial charge on any atom is 0.312 e. The molecule has 12 heteroatoms. The van der Waals surface area contributed by atoms with Crippen LogP contribution in [0, 0.1) is 32.3 Å². The Morgan fingerprint density at radius 2 is 1.71 bits per heavy atom. The van der Waals surface area contributed by atoms with Gasteiger partial charge in [0.25, 0.3) is 0 Å². The average molecular weight is 822 g/mol. The van der Waals surface area contributed by atoms with Crippen LogP contribution >= 0.6 is 0 Å². The van der Waals surface area contributed by atoms with Crippen molar-refractivity contribution in [2.24, 2.45) is 22.2 Å². The molecule has 2 aromatic carbocycles. The summed E-state index contributed by atoms with van der Waals surface area (Å²) in [6, 6.07) is 15.7. The van der Waals surface area contributed by atoms with E-state index in [0.717, 1.165) is 75.5 Å². The number of aromatic amines is 1. The van der Waals surface area contributed by atoms with Gasteiger partial charge in [0.15, 0.2) is 15.6 Å². The number of nitro groups is 1. The highest BCUT2D eigenvalue weighted by molar-refractivity contribution is 7.91. The van der Waals surface area contributed by atoms with Gasteiger partial charge in [-0.2, -0.15) is 0 Å². The molecule has 4 aromatic rings. The number of H-pyrrole nitrogens is 1. The van der Waals surface area contributed by atoms with Crippen molar-refractivity contribution in [1.82, 2.24) is 14.9 Å². The number of ether oxygens (including phenoxy) is 2. The number of allylic oxidation sites excluding steroid dienone is 1. The zero-order valence-electron chi connectivity index (χ0n) is 34.9. The summed E-state index contributed by atoms with van der Waals surface area (Å²) in [5, 5.41) is 13.0. The summed E-state index contributed by atoms with van der Waals surface area (Å²) in [7, 11) is -4.07. The van der Waals surface area contributed by atoms with Crippen molar-refractivity contribution < 1.29 is 22.8 Å².